The first-order valence-electron chi connectivity index (χ1n) is 6.42. The van der Waals surface area contributed by atoms with E-state index in [0.717, 1.165) is 18.2 Å². The van der Waals surface area contributed by atoms with Gasteiger partial charge >= 0.3 is 0 Å². The van der Waals surface area contributed by atoms with Crippen LogP contribution in [-0.2, 0) is 17.9 Å². The molecule has 0 atom stereocenters. The number of carbonyl (C=O) groups excluding carboxylic acids is 1. The van der Waals surface area contributed by atoms with Gasteiger partial charge in [0, 0.05) is 11.8 Å². The Morgan fingerprint density at radius 1 is 1.36 bits per heavy atom. The lowest BCUT2D eigenvalue weighted by atomic mass is 10.3. The molecule has 0 aliphatic rings. The van der Waals surface area contributed by atoms with Crippen LogP contribution in [0.1, 0.15) is 11.7 Å². The van der Waals surface area contributed by atoms with Crippen LogP contribution >= 0.6 is 0 Å². The van der Waals surface area contributed by atoms with E-state index in [1.165, 1.54) is 0 Å². The number of halogens is 2. The van der Waals surface area contributed by atoms with Crippen molar-refractivity contribution in [1.29, 1.82) is 0 Å². The van der Waals surface area contributed by atoms with Gasteiger partial charge in [0.15, 0.2) is 5.82 Å². The van der Waals surface area contributed by atoms with Crippen molar-refractivity contribution < 1.29 is 18.1 Å². The van der Waals surface area contributed by atoms with E-state index < -0.39 is 17.5 Å². The molecule has 0 aliphatic heterocycles. The monoisotopic (exact) mass is 311 g/mol. The lowest BCUT2D eigenvalue weighted by Gasteiger charge is -2.14. The van der Waals surface area contributed by atoms with Crippen LogP contribution in [0.25, 0.3) is 0 Å². The fraction of sp³-hybridized carbons (Fsp3) is 0.308. The Labute approximate surface area is 125 Å². The number of hydrogen-bond donors (Lipinski definition) is 2. The highest BCUT2D eigenvalue weighted by molar-refractivity contribution is 5.92. The van der Waals surface area contributed by atoms with Gasteiger partial charge in [-0.2, -0.15) is 4.98 Å². The SMILES string of the molecule is CN(CC(=O)Nc1cc(F)cc(F)c1)Cc1noc(CN)n1. The maximum atomic E-state index is 13.0. The number of aromatic nitrogens is 2. The average Bonchev–Trinajstić information content (AvgIpc) is 2.84. The third-order valence-corrected chi connectivity index (χ3v) is 2.66. The second-order valence-corrected chi connectivity index (χ2v) is 4.69. The van der Waals surface area contributed by atoms with Gasteiger partial charge in [0.05, 0.1) is 19.6 Å². The van der Waals surface area contributed by atoms with Crippen molar-refractivity contribution in [3.8, 4) is 0 Å². The molecule has 0 spiro atoms. The summed E-state index contributed by atoms with van der Waals surface area (Å²) >= 11 is 0. The number of carbonyl (C=O) groups is 1. The number of likely N-dealkylation sites (N-methyl/N-ethyl adjacent to an activating group) is 1. The van der Waals surface area contributed by atoms with Crippen LogP contribution in [0, 0.1) is 11.6 Å². The maximum Gasteiger partial charge on any atom is 0.240 e. The number of nitrogens with one attached hydrogen (secondary N) is 1. The molecular weight excluding hydrogens is 296 g/mol. The summed E-state index contributed by atoms with van der Waals surface area (Å²) in [5, 5.41) is 6.11. The molecule has 3 N–H and O–H groups in total. The highest BCUT2D eigenvalue weighted by atomic mass is 19.1. The van der Waals surface area contributed by atoms with Gasteiger partial charge < -0.3 is 15.6 Å². The smallest absolute Gasteiger partial charge is 0.240 e. The minimum absolute atomic E-state index is 0.00929. The molecule has 0 bridgehead atoms. The van der Waals surface area contributed by atoms with Crippen LogP contribution in [0.5, 0.6) is 0 Å². The zero-order valence-corrected chi connectivity index (χ0v) is 11.8. The fourth-order valence-electron chi connectivity index (χ4n) is 1.81. The number of nitrogens with two attached hydrogens (primary N) is 1. The first kappa shape index (κ1) is 16.0. The maximum absolute atomic E-state index is 13.0. The summed E-state index contributed by atoms with van der Waals surface area (Å²) in [4.78, 5) is 17.4. The van der Waals surface area contributed by atoms with Gasteiger partial charge in [-0.1, -0.05) is 5.16 Å². The number of amides is 1. The number of hydrogen-bond acceptors (Lipinski definition) is 6. The quantitative estimate of drug-likeness (QED) is 0.822. The minimum Gasteiger partial charge on any atom is -0.338 e. The van der Waals surface area contributed by atoms with Gasteiger partial charge in [0.2, 0.25) is 11.8 Å². The van der Waals surface area contributed by atoms with Crippen molar-refractivity contribution in [1.82, 2.24) is 15.0 Å². The molecule has 0 aliphatic carbocycles. The molecule has 118 valence electrons. The number of rotatable bonds is 6. The van der Waals surface area contributed by atoms with Crippen molar-refractivity contribution in [2.45, 2.75) is 13.1 Å². The van der Waals surface area contributed by atoms with Crippen LogP contribution in [-0.4, -0.2) is 34.5 Å². The Hall–Kier alpha value is -2.39. The Kier molecular flexibility index (Phi) is 5.12. The Morgan fingerprint density at radius 3 is 2.64 bits per heavy atom. The summed E-state index contributed by atoms with van der Waals surface area (Å²) in [5.41, 5.74) is 5.41. The molecule has 0 radical (unpaired) electrons. The normalized spacial score (nSPS) is 11.0. The largest absolute Gasteiger partial charge is 0.338 e. The summed E-state index contributed by atoms with van der Waals surface area (Å²) in [6.45, 7) is 0.404. The molecule has 0 unspecified atom stereocenters. The third-order valence-electron chi connectivity index (χ3n) is 2.66. The van der Waals surface area contributed by atoms with Crippen molar-refractivity contribution in [3.05, 3.63) is 41.5 Å². The lowest BCUT2D eigenvalue weighted by molar-refractivity contribution is -0.117. The van der Waals surface area contributed by atoms with E-state index in [4.69, 9.17) is 10.3 Å². The molecule has 1 aromatic carbocycles. The minimum atomic E-state index is -0.759. The average molecular weight is 311 g/mol. The molecule has 0 saturated carbocycles. The number of anilines is 1. The van der Waals surface area contributed by atoms with E-state index in [1.54, 1.807) is 11.9 Å². The van der Waals surface area contributed by atoms with Crippen LogP contribution in [0.4, 0.5) is 14.5 Å². The van der Waals surface area contributed by atoms with E-state index in [2.05, 4.69) is 15.5 Å². The fourth-order valence-corrected chi connectivity index (χ4v) is 1.81. The summed E-state index contributed by atoms with van der Waals surface area (Å²) in [7, 11) is 1.67. The zero-order valence-electron chi connectivity index (χ0n) is 11.8. The topological polar surface area (TPSA) is 97.3 Å². The first-order chi connectivity index (χ1) is 10.5. The summed E-state index contributed by atoms with van der Waals surface area (Å²) in [6, 6.07) is 2.80. The highest BCUT2D eigenvalue weighted by Gasteiger charge is 2.12. The standard InChI is InChI=1S/C13H15F2N5O2/c1-20(6-11-18-13(5-16)22-19-11)7-12(21)17-10-3-8(14)2-9(15)4-10/h2-4H,5-7,16H2,1H3,(H,17,21). The first-order valence-corrected chi connectivity index (χ1v) is 6.42. The summed E-state index contributed by atoms with van der Waals surface area (Å²) in [5.74, 6) is -1.24. The van der Waals surface area contributed by atoms with Crippen molar-refractivity contribution in [2.24, 2.45) is 5.73 Å². The second kappa shape index (κ2) is 7.05. The summed E-state index contributed by atoms with van der Waals surface area (Å²) in [6.07, 6.45) is 0. The molecule has 9 heteroatoms. The Morgan fingerprint density at radius 2 is 2.05 bits per heavy atom. The Bertz CT molecular complexity index is 641. The Balaban J connectivity index is 1.88. The zero-order chi connectivity index (χ0) is 16.1. The van der Waals surface area contributed by atoms with E-state index in [-0.39, 0.29) is 25.3 Å². The summed E-state index contributed by atoms with van der Waals surface area (Å²) < 4.78 is 30.9. The van der Waals surface area contributed by atoms with E-state index in [1.807, 2.05) is 0 Å². The molecule has 1 aromatic heterocycles. The van der Waals surface area contributed by atoms with Gasteiger partial charge in [-0.3, -0.25) is 9.69 Å². The molecule has 7 nitrogen and oxygen atoms in total. The second-order valence-electron chi connectivity index (χ2n) is 4.69. The van der Waals surface area contributed by atoms with Gasteiger partial charge in [-0.15, -0.1) is 0 Å². The molecule has 0 saturated heterocycles. The van der Waals surface area contributed by atoms with Crippen LogP contribution in [0.2, 0.25) is 0 Å². The van der Waals surface area contributed by atoms with Crippen molar-refractivity contribution in [3.63, 3.8) is 0 Å². The lowest BCUT2D eigenvalue weighted by Crippen LogP contribution is -2.30. The predicted molar refractivity (Wildman–Crippen MR) is 73.5 cm³/mol. The van der Waals surface area contributed by atoms with Gasteiger partial charge in [0.25, 0.3) is 0 Å². The molecule has 1 amide bonds. The van der Waals surface area contributed by atoms with E-state index in [0.29, 0.717) is 11.7 Å². The van der Waals surface area contributed by atoms with Crippen molar-refractivity contribution in [2.75, 3.05) is 18.9 Å². The van der Waals surface area contributed by atoms with E-state index >= 15 is 0 Å². The van der Waals surface area contributed by atoms with Gasteiger partial charge in [0.1, 0.15) is 11.6 Å². The molecule has 2 rings (SSSR count). The molecule has 22 heavy (non-hydrogen) atoms. The molecular formula is C13H15F2N5O2. The third kappa shape index (κ3) is 4.57. The van der Waals surface area contributed by atoms with Crippen LogP contribution < -0.4 is 11.1 Å². The van der Waals surface area contributed by atoms with Crippen molar-refractivity contribution >= 4 is 11.6 Å². The number of benzene rings is 1. The van der Waals surface area contributed by atoms with Gasteiger partial charge in [-0.05, 0) is 19.2 Å². The molecule has 1 heterocycles. The number of nitrogens with zero attached hydrogens (tertiary/aromatic N) is 3. The van der Waals surface area contributed by atoms with Crippen LogP contribution in [0.15, 0.2) is 22.7 Å². The molecule has 2 aromatic rings. The van der Waals surface area contributed by atoms with Crippen LogP contribution in [0.3, 0.4) is 0 Å². The molecule has 0 fully saturated rings. The predicted octanol–water partition coefficient (Wildman–Crippen LogP) is 0.877. The van der Waals surface area contributed by atoms with E-state index in [9.17, 15) is 13.6 Å². The van der Waals surface area contributed by atoms with Gasteiger partial charge in [-0.25, -0.2) is 8.78 Å². The highest BCUT2D eigenvalue weighted by Crippen LogP contribution is 2.12.